The van der Waals surface area contributed by atoms with Gasteiger partial charge < -0.3 is 5.32 Å². The van der Waals surface area contributed by atoms with Gasteiger partial charge >= 0.3 is 0 Å². The second-order valence-electron chi connectivity index (χ2n) is 6.33. The van der Waals surface area contributed by atoms with Gasteiger partial charge in [0.25, 0.3) is 0 Å². The van der Waals surface area contributed by atoms with Crippen molar-refractivity contribution >= 4 is 5.91 Å². The van der Waals surface area contributed by atoms with Crippen molar-refractivity contribution in [3.05, 3.63) is 58.7 Å². The zero-order valence-corrected chi connectivity index (χ0v) is 15.1. The summed E-state index contributed by atoms with van der Waals surface area (Å²) in [5.74, 6) is 0.767. The molecule has 1 aromatic carbocycles. The third-order valence-corrected chi connectivity index (χ3v) is 3.92. The second-order valence-corrected chi connectivity index (χ2v) is 6.33. The van der Waals surface area contributed by atoms with E-state index in [0.29, 0.717) is 13.0 Å². The molecule has 1 N–H and O–H groups in total. The average molecular weight is 326 g/mol. The number of aryl methyl sites for hydroxylation is 3. The van der Waals surface area contributed by atoms with E-state index in [1.807, 2.05) is 70.1 Å². The molecule has 0 fully saturated rings. The monoisotopic (exact) mass is 326 g/mol. The van der Waals surface area contributed by atoms with Gasteiger partial charge in [-0.05, 0) is 52.1 Å². The van der Waals surface area contributed by atoms with Crippen LogP contribution in [0.1, 0.15) is 34.4 Å². The van der Waals surface area contributed by atoms with Crippen molar-refractivity contribution in [2.75, 3.05) is 20.6 Å². The minimum absolute atomic E-state index is 0.00123. The van der Waals surface area contributed by atoms with Crippen LogP contribution in [-0.4, -0.2) is 41.4 Å². The van der Waals surface area contributed by atoms with Gasteiger partial charge in [0.05, 0.1) is 0 Å². The molecule has 0 aliphatic heterocycles. The van der Waals surface area contributed by atoms with Gasteiger partial charge in [0.2, 0.25) is 5.91 Å². The van der Waals surface area contributed by atoms with Crippen LogP contribution in [0.3, 0.4) is 0 Å². The van der Waals surface area contributed by atoms with Gasteiger partial charge in [-0.25, -0.2) is 9.97 Å². The maximum Gasteiger partial charge on any atom is 0.241 e. The molecule has 24 heavy (non-hydrogen) atoms. The molecule has 0 bridgehead atoms. The van der Waals surface area contributed by atoms with Gasteiger partial charge in [0.15, 0.2) is 0 Å². The molecular weight excluding hydrogens is 300 g/mol. The molecule has 0 saturated carbocycles. The average Bonchev–Trinajstić information content (AvgIpc) is 2.48. The fraction of sp³-hybridized carbons (Fsp3) is 0.421. The van der Waals surface area contributed by atoms with Crippen LogP contribution in [0, 0.1) is 20.8 Å². The third kappa shape index (κ3) is 4.61. The van der Waals surface area contributed by atoms with E-state index >= 15 is 0 Å². The highest BCUT2D eigenvalue weighted by molar-refractivity contribution is 5.83. The minimum atomic E-state index is -0.300. The molecule has 128 valence electrons. The predicted molar refractivity (Wildman–Crippen MR) is 95.8 cm³/mol. The van der Waals surface area contributed by atoms with E-state index in [1.165, 1.54) is 0 Å². The highest BCUT2D eigenvalue weighted by Gasteiger charge is 2.23. The van der Waals surface area contributed by atoms with Crippen molar-refractivity contribution < 1.29 is 4.79 Å². The number of nitrogens with one attached hydrogen (secondary N) is 1. The van der Waals surface area contributed by atoms with E-state index in [1.54, 1.807) is 0 Å². The Morgan fingerprint density at radius 3 is 2.33 bits per heavy atom. The number of nitrogens with zero attached hydrogens (tertiary/aromatic N) is 3. The third-order valence-electron chi connectivity index (χ3n) is 3.92. The summed E-state index contributed by atoms with van der Waals surface area (Å²) in [6.45, 7) is 6.47. The lowest BCUT2D eigenvalue weighted by molar-refractivity contribution is -0.125. The van der Waals surface area contributed by atoms with Crippen LogP contribution in [0.4, 0.5) is 0 Å². The number of rotatable bonds is 6. The first-order valence-corrected chi connectivity index (χ1v) is 8.19. The summed E-state index contributed by atoms with van der Waals surface area (Å²) in [6, 6.07) is 9.64. The number of likely N-dealkylation sites (N-methyl/N-ethyl adjacent to an activating group) is 1. The lowest BCUT2D eigenvalue weighted by Gasteiger charge is -2.25. The number of benzene rings is 1. The Morgan fingerprint density at radius 1 is 1.12 bits per heavy atom. The van der Waals surface area contributed by atoms with Crippen molar-refractivity contribution in [3.63, 3.8) is 0 Å². The molecule has 0 aliphatic carbocycles. The van der Waals surface area contributed by atoms with Crippen LogP contribution < -0.4 is 5.32 Å². The summed E-state index contributed by atoms with van der Waals surface area (Å²) in [5.41, 5.74) is 4.05. The van der Waals surface area contributed by atoms with E-state index in [-0.39, 0.29) is 11.9 Å². The zero-order chi connectivity index (χ0) is 17.7. The first-order valence-electron chi connectivity index (χ1n) is 8.19. The molecule has 0 unspecified atom stereocenters. The van der Waals surface area contributed by atoms with Crippen molar-refractivity contribution in [1.82, 2.24) is 20.2 Å². The number of aromatic nitrogens is 2. The molecule has 5 nitrogen and oxygen atoms in total. The van der Waals surface area contributed by atoms with Crippen LogP contribution >= 0.6 is 0 Å². The molecule has 0 saturated heterocycles. The van der Waals surface area contributed by atoms with Crippen molar-refractivity contribution in [2.45, 2.75) is 33.2 Å². The molecule has 0 aliphatic rings. The SMILES string of the molecule is Cc1cc(C)nc(CCNC(=O)[C@H](c2ccccc2C)N(C)C)n1. The van der Waals surface area contributed by atoms with Gasteiger partial charge in [-0.3, -0.25) is 9.69 Å². The lowest BCUT2D eigenvalue weighted by atomic mass is 10.00. The van der Waals surface area contributed by atoms with Crippen LogP contribution in [-0.2, 0) is 11.2 Å². The maximum atomic E-state index is 12.7. The molecule has 0 spiro atoms. The molecule has 1 atom stereocenters. The maximum absolute atomic E-state index is 12.7. The number of hydrogen-bond donors (Lipinski definition) is 1. The van der Waals surface area contributed by atoms with E-state index in [2.05, 4.69) is 15.3 Å². The number of carbonyl (C=O) groups excluding carboxylic acids is 1. The van der Waals surface area contributed by atoms with Gasteiger partial charge in [-0.15, -0.1) is 0 Å². The van der Waals surface area contributed by atoms with Gasteiger partial charge in [-0.1, -0.05) is 24.3 Å². The van der Waals surface area contributed by atoms with Crippen molar-refractivity contribution in [2.24, 2.45) is 0 Å². The number of hydrogen-bond acceptors (Lipinski definition) is 4. The van der Waals surface area contributed by atoms with Gasteiger partial charge in [0.1, 0.15) is 11.9 Å². The highest BCUT2D eigenvalue weighted by Crippen LogP contribution is 2.21. The first-order chi connectivity index (χ1) is 11.4. The summed E-state index contributed by atoms with van der Waals surface area (Å²) in [7, 11) is 3.84. The van der Waals surface area contributed by atoms with Crippen LogP contribution in [0.25, 0.3) is 0 Å². The van der Waals surface area contributed by atoms with Crippen LogP contribution in [0.15, 0.2) is 30.3 Å². The number of carbonyl (C=O) groups is 1. The Bertz CT molecular complexity index is 692. The fourth-order valence-corrected chi connectivity index (χ4v) is 2.85. The Hall–Kier alpha value is -2.27. The van der Waals surface area contributed by atoms with Crippen molar-refractivity contribution in [3.8, 4) is 0 Å². The predicted octanol–water partition coefficient (Wildman–Crippen LogP) is 2.36. The number of amides is 1. The summed E-state index contributed by atoms with van der Waals surface area (Å²) < 4.78 is 0. The smallest absolute Gasteiger partial charge is 0.241 e. The fourth-order valence-electron chi connectivity index (χ4n) is 2.85. The van der Waals surface area contributed by atoms with E-state index in [9.17, 15) is 4.79 Å². The molecule has 2 aromatic rings. The normalized spacial score (nSPS) is 12.2. The first kappa shape index (κ1) is 18.1. The zero-order valence-electron chi connectivity index (χ0n) is 15.1. The Balaban J connectivity index is 2.02. The van der Waals surface area contributed by atoms with E-state index in [4.69, 9.17) is 0 Å². The van der Waals surface area contributed by atoms with Crippen molar-refractivity contribution in [1.29, 1.82) is 0 Å². The van der Waals surface area contributed by atoms with Crippen LogP contribution in [0.5, 0.6) is 0 Å². The summed E-state index contributed by atoms with van der Waals surface area (Å²) >= 11 is 0. The van der Waals surface area contributed by atoms with Gasteiger partial charge in [0, 0.05) is 24.4 Å². The molecular formula is C19H26N4O. The molecule has 5 heteroatoms. The molecule has 2 rings (SSSR count). The molecule has 1 aromatic heterocycles. The summed E-state index contributed by atoms with van der Waals surface area (Å²) in [6.07, 6.45) is 0.627. The summed E-state index contributed by atoms with van der Waals surface area (Å²) in [5, 5.41) is 3.02. The largest absolute Gasteiger partial charge is 0.354 e. The Morgan fingerprint density at radius 2 is 1.75 bits per heavy atom. The summed E-state index contributed by atoms with van der Waals surface area (Å²) in [4.78, 5) is 23.4. The van der Waals surface area contributed by atoms with E-state index in [0.717, 1.165) is 28.3 Å². The quantitative estimate of drug-likeness (QED) is 0.885. The lowest BCUT2D eigenvalue weighted by Crippen LogP contribution is -2.38. The Labute approximate surface area is 144 Å². The minimum Gasteiger partial charge on any atom is -0.354 e. The topological polar surface area (TPSA) is 58.1 Å². The molecule has 1 amide bonds. The van der Waals surface area contributed by atoms with E-state index < -0.39 is 0 Å². The standard InChI is InChI=1S/C19H26N4O/c1-13-8-6-7-9-16(13)18(23(4)5)19(24)20-11-10-17-21-14(2)12-15(3)22-17/h6-9,12,18H,10-11H2,1-5H3,(H,20,24)/t18-/m0/s1. The van der Waals surface area contributed by atoms with Crippen LogP contribution in [0.2, 0.25) is 0 Å². The highest BCUT2D eigenvalue weighted by atomic mass is 16.2. The second kappa shape index (κ2) is 8.02. The Kier molecular flexibility index (Phi) is 6.04. The van der Waals surface area contributed by atoms with Gasteiger partial charge in [-0.2, -0.15) is 0 Å². The molecule has 1 heterocycles. The molecule has 0 radical (unpaired) electrons.